The van der Waals surface area contributed by atoms with Gasteiger partial charge in [-0.05, 0) is 54.7 Å². The fraction of sp³-hybridized carbons (Fsp3) is 0.312. The maximum Gasteiger partial charge on any atom is 0.128 e. The van der Waals surface area contributed by atoms with Gasteiger partial charge in [-0.3, -0.25) is 10.8 Å². The van der Waals surface area contributed by atoms with Crippen molar-refractivity contribution in [1.82, 2.24) is 10.4 Å². The minimum atomic E-state index is -0.367. The fourth-order valence-corrected chi connectivity index (χ4v) is 2.64. The van der Waals surface area contributed by atoms with Crippen LogP contribution >= 0.6 is 0 Å². The third-order valence-corrected chi connectivity index (χ3v) is 3.57. The largest absolute Gasteiger partial charge is 0.271 e. The Morgan fingerprint density at radius 3 is 2.70 bits per heavy atom. The predicted molar refractivity (Wildman–Crippen MR) is 78.7 cm³/mol. The first kappa shape index (κ1) is 14.6. The topological polar surface area (TPSA) is 50.9 Å². The number of halogens is 1. The van der Waals surface area contributed by atoms with Crippen molar-refractivity contribution in [3.05, 3.63) is 64.2 Å². The highest BCUT2D eigenvalue weighted by Crippen LogP contribution is 2.29. The number of aryl methyl sites for hydroxylation is 3. The number of benzene rings is 1. The second kappa shape index (κ2) is 6.11. The molecule has 1 aromatic carbocycles. The number of aromatic nitrogens is 1. The molecule has 0 aliphatic heterocycles. The summed E-state index contributed by atoms with van der Waals surface area (Å²) in [6.07, 6.45) is 4.34. The van der Waals surface area contributed by atoms with E-state index in [1.54, 1.807) is 18.5 Å². The number of nitrogens with zero attached hydrogens (tertiary/aromatic N) is 1. The van der Waals surface area contributed by atoms with Crippen LogP contribution in [0.15, 0.2) is 30.6 Å². The molecule has 1 atom stereocenters. The van der Waals surface area contributed by atoms with Crippen LogP contribution in [0.3, 0.4) is 0 Å². The lowest BCUT2D eigenvalue weighted by Crippen LogP contribution is -2.31. The standard InChI is InChI=1S/C16H20FN3/c1-4-12-9-19-6-5-13(12)16(20-18)15-11(3)7-10(2)8-14(15)17/h5-9,16,20H,4,18H2,1-3H3. The molecular weight excluding hydrogens is 253 g/mol. The molecule has 3 nitrogen and oxygen atoms in total. The molecule has 0 amide bonds. The zero-order chi connectivity index (χ0) is 14.7. The predicted octanol–water partition coefficient (Wildman–Crippen LogP) is 2.95. The van der Waals surface area contributed by atoms with Gasteiger partial charge in [0.05, 0.1) is 6.04 Å². The van der Waals surface area contributed by atoms with Crippen molar-refractivity contribution >= 4 is 0 Å². The third-order valence-electron chi connectivity index (χ3n) is 3.57. The number of hydrazine groups is 1. The smallest absolute Gasteiger partial charge is 0.128 e. The van der Waals surface area contributed by atoms with Crippen molar-refractivity contribution in [2.75, 3.05) is 0 Å². The second-order valence-corrected chi connectivity index (χ2v) is 5.01. The molecule has 0 saturated heterocycles. The van der Waals surface area contributed by atoms with E-state index < -0.39 is 0 Å². The zero-order valence-corrected chi connectivity index (χ0v) is 12.1. The summed E-state index contributed by atoms with van der Waals surface area (Å²) in [5.41, 5.74) is 7.17. The molecule has 1 aromatic heterocycles. The Kier molecular flexibility index (Phi) is 4.47. The highest BCUT2D eigenvalue weighted by Gasteiger charge is 2.21. The minimum Gasteiger partial charge on any atom is -0.271 e. The number of hydrogen-bond acceptors (Lipinski definition) is 3. The number of nitrogens with one attached hydrogen (secondary N) is 1. The third kappa shape index (κ3) is 2.71. The van der Waals surface area contributed by atoms with Crippen LogP contribution < -0.4 is 11.3 Å². The quantitative estimate of drug-likeness (QED) is 0.665. The zero-order valence-electron chi connectivity index (χ0n) is 12.1. The summed E-state index contributed by atoms with van der Waals surface area (Å²) in [6, 6.07) is 5.03. The summed E-state index contributed by atoms with van der Waals surface area (Å²) in [4.78, 5) is 4.12. The van der Waals surface area contributed by atoms with Crippen LogP contribution in [0.2, 0.25) is 0 Å². The monoisotopic (exact) mass is 273 g/mol. The van der Waals surface area contributed by atoms with Gasteiger partial charge in [-0.1, -0.05) is 13.0 Å². The average Bonchev–Trinajstić information content (AvgIpc) is 2.42. The second-order valence-electron chi connectivity index (χ2n) is 5.01. The molecule has 0 spiro atoms. The SMILES string of the molecule is CCc1cnccc1C(NN)c1c(C)cc(C)cc1F. The van der Waals surface area contributed by atoms with Gasteiger partial charge >= 0.3 is 0 Å². The molecule has 0 fully saturated rings. The summed E-state index contributed by atoms with van der Waals surface area (Å²) in [5.74, 6) is 5.47. The van der Waals surface area contributed by atoms with Crippen molar-refractivity contribution in [3.8, 4) is 0 Å². The van der Waals surface area contributed by atoms with E-state index in [9.17, 15) is 4.39 Å². The van der Waals surface area contributed by atoms with Crippen LogP contribution in [0.5, 0.6) is 0 Å². The first-order valence-corrected chi connectivity index (χ1v) is 6.74. The Labute approximate surface area is 119 Å². The van der Waals surface area contributed by atoms with E-state index in [2.05, 4.69) is 10.4 Å². The molecule has 0 aliphatic carbocycles. The molecule has 0 saturated carbocycles. The highest BCUT2D eigenvalue weighted by atomic mass is 19.1. The van der Waals surface area contributed by atoms with Crippen molar-refractivity contribution in [2.24, 2.45) is 5.84 Å². The lowest BCUT2D eigenvalue weighted by atomic mass is 9.91. The van der Waals surface area contributed by atoms with E-state index in [1.165, 1.54) is 0 Å². The molecule has 0 bridgehead atoms. The first-order chi connectivity index (χ1) is 9.58. The van der Waals surface area contributed by atoms with Crippen LogP contribution in [0.25, 0.3) is 0 Å². The summed E-state index contributed by atoms with van der Waals surface area (Å²) in [5, 5.41) is 0. The van der Waals surface area contributed by atoms with E-state index in [0.29, 0.717) is 5.56 Å². The summed E-state index contributed by atoms with van der Waals surface area (Å²) < 4.78 is 14.4. The molecular formula is C16H20FN3. The lowest BCUT2D eigenvalue weighted by Gasteiger charge is -2.22. The minimum absolute atomic E-state index is 0.232. The average molecular weight is 273 g/mol. The van der Waals surface area contributed by atoms with E-state index in [4.69, 9.17) is 5.84 Å². The van der Waals surface area contributed by atoms with Crippen LogP contribution in [-0.4, -0.2) is 4.98 Å². The number of hydrogen-bond donors (Lipinski definition) is 2. The summed E-state index contributed by atoms with van der Waals surface area (Å²) >= 11 is 0. The van der Waals surface area contributed by atoms with E-state index in [-0.39, 0.29) is 11.9 Å². The Morgan fingerprint density at radius 2 is 2.10 bits per heavy atom. The molecule has 2 aromatic rings. The molecule has 0 radical (unpaired) electrons. The van der Waals surface area contributed by atoms with Gasteiger partial charge < -0.3 is 0 Å². The van der Waals surface area contributed by atoms with Gasteiger partial charge in [0, 0.05) is 18.0 Å². The van der Waals surface area contributed by atoms with Gasteiger partial charge in [0.2, 0.25) is 0 Å². The Morgan fingerprint density at radius 1 is 1.35 bits per heavy atom. The Hall–Kier alpha value is -1.78. The van der Waals surface area contributed by atoms with Gasteiger partial charge in [0.15, 0.2) is 0 Å². The molecule has 106 valence electrons. The van der Waals surface area contributed by atoms with Crippen LogP contribution in [0.4, 0.5) is 4.39 Å². The molecule has 3 N–H and O–H groups in total. The van der Waals surface area contributed by atoms with Crippen LogP contribution in [-0.2, 0) is 6.42 Å². The number of nitrogens with two attached hydrogens (primary N) is 1. The van der Waals surface area contributed by atoms with Crippen molar-refractivity contribution < 1.29 is 4.39 Å². The molecule has 2 rings (SSSR count). The summed E-state index contributed by atoms with van der Waals surface area (Å²) in [7, 11) is 0. The van der Waals surface area contributed by atoms with Crippen molar-refractivity contribution in [3.63, 3.8) is 0 Å². The normalized spacial score (nSPS) is 12.4. The molecule has 20 heavy (non-hydrogen) atoms. The summed E-state index contributed by atoms with van der Waals surface area (Å²) in [6.45, 7) is 5.84. The van der Waals surface area contributed by atoms with E-state index in [0.717, 1.165) is 28.7 Å². The van der Waals surface area contributed by atoms with Gasteiger partial charge in [-0.15, -0.1) is 0 Å². The maximum absolute atomic E-state index is 14.4. The van der Waals surface area contributed by atoms with Crippen molar-refractivity contribution in [1.29, 1.82) is 0 Å². The first-order valence-electron chi connectivity index (χ1n) is 6.74. The van der Waals surface area contributed by atoms with Crippen LogP contribution in [0.1, 0.15) is 40.8 Å². The lowest BCUT2D eigenvalue weighted by molar-refractivity contribution is 0.553. The molecule has 4 heteroatoms. The number of rotatable bonds is 4. The van der Waals surface area contributed by atoms with Gasteiger partial charge in [0.1, 0.15) is 5.82 Å². The van der Waals surface area contributed by atoms with Crippen molar-refractivity contribution in [2.45, 2.75) is 33.2 Å². The highest BCUT2D eigenvalue weighted by molar-refractivity contribution is 5.42. The Bertz CT molecular complexity index is 587. The van der Waals surface area contributed by atoms with E-state index in [1.807, 2.05) is 32.9 Å². The number of pyridine rings is 1. The molecule has 1 unspecified atom stereocenters. The van der Waals surface area contributed by atoms with Gasteiger partial charge in [0.25, 0.3) is 0 Å². The Balaban J connectivity index is 2.59. The fourth-order valence-electron chi connectivity index (χ4n) is 2.64. The van der Waals surface area contributed by atoms with Gasteiger partial charge in [-0.2, -0.15) is 0 Å². The maximum atomic E-state index is 14.4. The van der Waals surface area contributed by atoms with E-state index >= 15 is 0 Å². The van der Waals surface area contributed by atoms with Gasteiger partial charge in [-0.25, -0.2) is 9.82 Å². The molecule has 0 aliphatic rings. The molecule has 1 heterocycles. The van der Waals surface area contributed by atoms with Crippen LogP contribution in [0, 0.1) is 19.7 Å².